The summed E-state index contributed by atoms with van der Waals surface area (Å²) in [6.45, 7) is 0. The fraction of sp³-hybridized carbons (Fsp3) is 0.0714. The van der Waals surface area contributed by atoms with E-state index in [1.807, 2.05) is 0 Å². The van der Waals surface area contributed by atoms with Crippen molar-refractivity contribution in [2.45, 2.75) is 6.04 Å². The number of nitrogens with zero attached hydrogens (tertiary/aromatic N) is 3. The normalized spacial score (nSPS) is 11.4. The van der Waals surface area contributed by atoms with Gasteiger partial charge in [0.05, 0.1) is 0 Å². The van der Waals surface area contributed by atoms with E-state index in [1.54, 1.807) is 42.5 Å². The van der Waals surface area contributed by atoms with Crippen LogP contribution in [-0.2, 0) is 0 Å². The Morgan fingerprint density at radius 3 is 2.32 bits per heavy atom. The number of carbonyl (C=O) groups excluding carboxylic acids is 1. The van der Waals surface area contributed by atoms with Gasteiger partial charge in [0, 0.05) is 10.5 Å². The molecule has 19 heavy (non-hydrogen) atoms. The van der Waals surface area contributed by atoms with Gasteiger partial charge in [-0.25, -0.2) is 0 Å². The van der Waals surface area contributed by atoms with E-state index < -0.39 is 6.04 Å². The van der Waals surface area contributed by atoms with Crippen LogP contribution in [0.15, 0.2) is 59.7 Å². The van der Waals surface area contributed by atoms with Crippen LogP contribution in [-0.4, -0.2) is 10.9 Å². The van der Waals surface area contributed by atoms with Crippen molar-refractivity contribution in [3.63, 3.8) is 0 Å². The molecule has 0 bridgehead atoms. The summed E-state index contributed by atoms with van der Waals surface area (Å²) < 4.78 is 0. The fourth-order valence-electron chi connectivity index (χ4n) is 1.74. The first kappa shape index (κ1) is 12.7. The number of benzene rings is 2. The maximum absolute atomic E-state index is 12.3. The molecule has 1 unspecified atom stereocenters. The van der Waals surface area contributed by atoms with Crippen molar-refractivity contribution in [1.29, 1.82) is 0 Å². The molecule has 0 aliphatic heterocycles. The number of Topliss-reactive ketones (excluding diaryl/α,β-unsaturated/α-hetero) is 1. The lowest BCUT2D eigenvalue weighted by atomic mass is 9.98. The SMILES string of the molecule is [N-]=[N+]=NC(C(=O)c1ccccc1)c1ccc(O)cc1. The average Bonchev–Trinajstić information content (AvgIpc) is 2.46. The molecule has 94 valence electrons. The maximum atomic E-state index is 12.3. The van der Waals surface area contributed by atoms with Crippen molar-refractivity contribution < 1.29 is 9.90 Å². The standard InChI is InChI=1S/C14H11N3O2/c15-17-16-13(10-6-8-12(18)9-7-10)14(19)11-4-2-1-3-5-11/h1-9,13,18H. The summed E-state index contributed by atoms with van der Waals surface area (Å²) in [5.41, 5.74) is 9.63. The Labute approximate surface area is 109 Å². The number of hydrogen-bond donors (Lipinski definition) is 1. The Bertz CT molecular complexity index is 617. The number of phenolic OH excluding ortho intramolecular Hbond substituents is 1. The summed E-state index contributed by atoms with van der Waals surface area (Å²) in [6, 6.07) is 13.7. The Morgan fingerprint density at radius 1 is 1.11 bits per heavy atom. The smallest absolute Gasteiger partial charge is 0.176 e. The van der Waals surface area contributed by atoms with Gasteiger partial charge in [-0.2, -0.15) is 0 Å². The Morgan fingerprint density at radius 2 is 1.74 bits per heavy atom. The maximum Gasteiger partial charge on any atom is 0.176 e. The van der Waals surface area contributed by atoms with Crippen LogP contribution in [0.2, 0.25) is 0 Å². The molecule has 0 saturated carbocycles. The van der Waals surface area contributed by atoms with Crippen LogP contribution in [0, 0.1) is 0 Å². The molecule has 0 spiro atoms. The van der Waals surface area contributed by atoms with Crippen LogP contribution in [0.1, 0.15) is 22.0 Å². The van der Waals surface area contributed by atoms with Crippen molar-refractivity contribution in [1.82, 2.24) is 0 Å². The van der Waals surface area contributed by atoms with Gasteiger partial charge in [0.2, 0.25) is 0 Å². The molecule has 0 saturated heterocycles. The molecule has 2 aromatic carbocycles. The molecule has 0 heterocycles. The molecule has 2 rings (SSSR count). The minimum atomic E-state index is -0.923. The molecule has 0 radical (unpaired) electrons. The van der Waals surface area contributed by atoms with Gasteiger partial charge in [0.15, 0.2) is 5.78 Å². The van der Waals surface area contributed by atoms with Gasteiger partial charge < -0.3 is 5.11 Å². The van der Waals surface area contributed by atoms with Crippen molar-refractivity contribution in [2.75, 3.05) is 0 Å². The molecule has 2 aromatic rings. The summed E-state index contributed by atoms with van der Waals surface area (Å²) in [4.78, 5) is 15.0. The van der Waals surface area contributed by atoms with Crippen LogP contribution in [0.3, 0.4) is 0 Å². The second-order valence-electron chi connectivity index (χ2n) is 3.93. The molecule has 1 N–H and O–H groups in total. The third-order valence-corrected chi connectivity index (χ3v) is 2.68. The molecule has 5 nitrogen and oxygen atoms in total. The highest BCUT2D eigenvalue weighted by Crippen LogP contribution is 2.24. The van der Waals surface area contributed by atoms with E-state index in [4.69, 9.17) is 5.53 Å². The summed E-state index contributed by atoms with van der Waals surface area (Å²) >= 11 is 0. The molecule has 0 amide bonds. The van der Waals surface area contributed by atoms with Crippen molar-refractivity contribution >= 4 is 5.78 Å². The van der Waals surface area contributed by atoms with Gasteiger partial charge in [0.25, 0.3) is 0 Å². The molecule has 1 atom stereocenters. The number of rotatable bonds is 4. The summed E-state index contributed by atoms with van der Waals surface area (Å²) in [7, 11) is 0. The van der Waals surface area contributed by atoms with E-state index in [1.165, 1.54) is 12.1 Å². The Kier molecular flexibility index (Phi) is 3.81. The second kappa shape index (κ2) is 5.71. The third-order valence-electron chi connectivity index (χ3n) is 2.68. The first-order valence-corrected chi connectivity index (χ1v) is 5.65. The number of ketones is 1. The third kappa shape index (κ3) is 2.91. The Hall–Kier alpha value is -2.78. The van der Waals surface area contributed by atoms with Crippen LogP contribution in [0.5, 0.6) is 5.75 Å². The van der Waals surface area contributed by atoms with Gasteiger partial charge in [0.1, 0.15) is 11.8 Å². The summed E-state index contributed by atoms with van der Waals surface area (Å²) in [5, 5.41) is 12.8. The Balaban J connectivity index is 2.38. The number of carbonyl (C=O) groups is 1. The van der Waals surface area contributed by atoms with Crippen molar-refractivity contribution in [3.05, 3.63) is 76.2 Å². The molecular weight excluding hydrogens is 242 g/mol. The number of aromatic hydroxyl groups is 1. The van der Waals surface area contributed by atoms with Crippen LogP contribution < -0.4 is 0 Å². The first-order chi connectivity index (χ1) is 9.22. The van der Waals surface area contributed by atoms with E-state index >= 15 is 0 Å². The lowest BCUT2D eigenvalue weighted by Gasteiger charge is -2.10. The molecule has 0 fully saturated rings. The summed E-state index contributed by atoms with van der Waals surface area (Å²) in [5.74, 6) is -0.181. The lowest BCUT2D eigenvalue weighted by molar-refractivity contribution is 0.0961. The van der Waals surface area contributed by atoms with E-state index in [0.29, 0.717) is 11.1 Å². The van der Waals surface area contributed by atoms with Crippen LogP contribution in [0.25, 0.3) is 10.4 Å². The highest BCUT2D eigenvalue weighted by atomic mass is 16.3. The van der Waals surface area contributed by atoms with Gasteiger partial charge >= 0.3 is 0 Å². The fourth-order valence-corrected chi connectivity index (χ4v) is 1.74. The molecular formula is C14H11N3O2. The van der Waals surface area contributed by atoms with Crippen LogP contribution >= 0.6 is 0 Å². The minimum Gasteiger partial charge on any atom is -0.508 e. The molecule has 0 aliphatic carbocycles. The van der Waals surface area contributed by atoms with Gasteiger partial charge in [-0.05, 0) is 23.2 Å². The number of phenols is 1. The van der Waals surface area contributed by atoms with Crippen molar-refractivity contribution in [2.24, 2.45) is 5.11 Å². The van der Waals surface area contributed by atoms with E-state index in [9.17, 15) is 9.90 Å². The number of azide groups is 1. The van der Waals surface area contributed by atoms with E-state index in [0.717, 1.165) is 0 Å². The highest BCUT2D eigenvalue weighted by Gasteiger charge is 2.20. The first-order valence-electron chi connectivity index (χ1n) is 5.65. The predicted octanol–water partition coefficient (Wildman–Crippen LogP) is 3.63. The quantitative estimate of drug-likeness (QED) is 0.390. The second-order valence-corrected chi connectivity index (χ2v) is 3.93. The van der Waals surface area contributed by atoms with Gasteiger partial charge in [-0.15, -0.1) is 0 Å². The number of hydrogen-bond acceptors (Lipinski definition) is 3. The van der Waals surface area contributed by atoms with E-state index in [-0.39, 0.29) is 11.5 Å². The molecule has 0 aromatic heterocycles. The summed E-state index contributed by atoms with van der Waals surface area (Å²) in [6.07, 6.45) is 0. The zero-order valence-corrected chi connectivity index (χ0v) is 9.97. The topological polar surface area (TPSA) is 86.1 Å². The average molecular weight is 253 g/mol. The van der Waals surface area contributed by atoms with Gasteiger partial charge in [-0.3, -0.25) is 4.79 Å². The minimum absolute atomic E-state index is 0.0931. The van der Waals surface area contributed by atoms with Crippen LogP contribution in [0.4, 0.5) is 0 Å². The zero-order chi connectivity index (χ0) is 13.7. The monoisotopic (exact) mass is 253 g/mol. The predicted molar refractivity (Wildman–Crippen MR) is 70.8 cm³/mol. The molecule has 0 aliphatic rings. The lowest BCUT2D eigenvalue weighted by Crippen LogP contribution is -2.10. The van der Waals surface area contributed by atoms with E-state index in [2.05, 4.69) is 10.0 Å². The molecule has 5 heteroatoms. The zero-order valence-electron chi connectivity index (χ0n) is 9.97. The van der Waals surface area contributed by atoms with Crippen molar-refractivity contribution in [3.8, 4) is 5.75 Å². The highest BCUT2D eigenvalue weighted by molar-refractivity contribution is 6.00. The largest absolute Gasteiger partial charge is 0.508 e. The van der Waals surface area contributed by atoms with Gasteiger partial charge in [-0.1, -0.05) is 47.6 Å².